The van der Waals surface area contributed by atoms with Crippen LogP contribution in [0.15, 0.2) is 48.5 Å². The maximum Gasteiger partial charge on any atom is 0.228 e. The van der Waals surface area contributed by atoms with Gasteiger partial charge in [0.25, 0.3) is 0 Å². The third-order valence-corrected chi connectivity index (χ3v) is 9.07. The Labute approximate surface area is 170 Å². The first-order valence-electron chi connectivity index (χ1n) is 9.85. The summed E-state index contributed by atoms with van der Waals surface area (Å²) in [6.07, 6.45) is 1.32. The number of rotatable bonds is 5. The Hall–Kier alpha value is -2.25. The lowest BCUT2D eigenvalue weighted by Gasteiger charge is -2.35. The fourth-order valence-electron chi connectivity index (χ4n) is 4.33. The summed E-state index contributed by atoms with van der Waals surface area (Å²) in [5, 5.41) is 1.88. The van der Waals surface area contributed by atoms with E-state index in [0.717, 1.165) is 5.56 Å². The van der Waals surface area contributed by atoms with Gasteiger partial charge in [0.2, 0.25) is 5.91 Å². The number of carbonyl (C=O) groups excluding carboxylic acids is 1. The first kappa shape index (κ1) is 20.0. The smallest absolute Gasteiger partial charge is 0.228 e. The SMILES string of the molecule is C[C@@H]1NC[C@@H](c2ccccc2)S(=O)(=O)C1Cc1ccc(C2(C(N)=O)CC2)cc1F. The maximum atomic E-state index is 14.9. The number of hydrogen-bond acceptors (Lipinski definition) is 4. The largest absolute Gasteiger partial charge is 0.369 e. The highest BCUT2D eigenvalue weighted by Gasteiger charge is 2.50. The Morgan fingerprint density at radius 1 is 1.21 bits per heavy atom. The molecule has 1 heterocycles. The third kappa shape index (κ3) is 3.46. The van der Waals surface area contributed by atoms with Gasteiger partial charge in [-0.15, -0.1) is 0 Å². The minimum atomic E-state index is -3.52. The van der Waals surface area contributed by atoms with Crippen molar-refractivity contribution in [2.45, 2.75) is 48.1 Å². The van der Waals surface area contributed by atoms with E-state index < -0.39 is 37.5 Å². The lowest BCUT2D eigenvalue weighted by atomic mass is 9.93. The van der Waals surface area contributed by atoms with Crippen molar-refractivity contribution >= 4 is 15.7 Å². The van der Waals surface area contributed by atoms with Crippen LogP contribution < -0.4 is 11.1 Å². The zero-order valence-corrected chi connectivity index (χ0v) is 17.1. The molecule has 2 aromatic rings. The summed E-state index contributed by atoms with van der Waals surface area (Å²) in [5.41, 5.74) is 6.37. The van der Waals surface area contributed by atoms with Gasteiger partial charge in [-0.25, -0.2) is 12.8 Å². The Balaban J connectivity index is 1.62. The highest BCUT2D eigenvalue weighted by Crippen LogP contribution is 2.48. The molecule has 1 unspecified atom stereocenters. The van der Waals surface area contributed by atoms with Crippen LogP contribution in [-0.4, -0.2) is 32.2 Å². The Kier molecular flexibility index (Phi) is 4.99. The molecular weight excluding hydrogens is 391 g/mol. The molecule has 0 aromatic heterocycles. The molecule has 2 aliphatic rings. The summed E-state index contributed by atoms with van der Waals surface area (Å²) in [6, 6.07) is 13.5. The van der Waals surface area contributed by atoms with Crippen LogP contribution in [-0.2, 0) is 26.5 Å². The van der Waals surface area contributed by atoms with E-state index in [1.165, 1.54) is 6.07 Å². The molecule has 0 bridgehead atoms. The number of benzene rings is 2. The predicted octanol–water partition coefficient (Wildman–Crippen LogP) is 2.40. The van der Waals surface area contributed by atoms with E-state index in [1.807, 2.05) is 37.3 Å². The summed E-state index contributed by atoms with van der Waals surface area (Å²) < 4.78 is 41.5. The summed E-state index contributed by atoms with van der Waals surface area (Å²) in [6.45, 7) is 2.16. The van der Waals surface area contributed by atoms with E-state index in [1.54, 1.807) is 12.1 Å². The fraction of sp³-hybridized carbons (Fsp3) is 0.409. The Morgan fingerprint density at radius 2 is 1.90 bits per heavy atom. The average Bonchev–Trinajstić information content (AvgIpc) is 3.49. The van der Waals surface area contributed by atoms with Crippen LogP contribution in [0.25, 0.3) is 0 Å². The second-order valence-corrected chi connectivity index (χ2v) is 10.5. The van der Waals surface area contributed by atoms with E-state index in [-0.39, 0.29) is 12.5 Å². The quantitative estimate of drug-likeness (QED) is 0.783. The number of nitrogens with one attached hydrogen (secondary N) is 1. The molecule has 1 aliphatic heterocycles. The Bertz CT molecular complexity index is 1040. The van der Waals surface area contributed by atoms with Crippen LogP contribution in [0.4, 0.5) is 4.39 Å². The molecule has 0 radical (unpaired) electrons. The van der Waals surface area contributed by atoms with Gasteiger partial charge in [-0.3, -0.25) is 4.79 Å². The van der Waals surface area contributed by atoms with Crippen LogP contribution in [0.1, 0.15) is 41.7 Å². The average molecular weight is 417 g/mol. The molecule has 3 N–H and O–H groups in total. The van der Waals surface area contributed by atoms with Crippen molar-refractivity contribution in [1.29, 1.82) is 0 Å². The molecule has 7 heteroatoms. The minimum Gasteiger partial charge on any atom is -0.369 e. The lowest BCUT2D eigenvalue weighted by molar-refractivity contribution is -0.120. The van der Waals surface area contributed by atoms with E-state index in [2.05, 4.69) is 5.32 Å². The number of carbonyl (C=O) groups is 1. The van der Waals surface area contributed by atoms with Crippen molar-refractivity contribution in [2.24, 2.45) is 5.73 Å². The predicted molar refractivity (Wildman–Crippen MR) is 110 cm³/mol. The highest BCUT2D eigenvalue weighted by molar-refractivity contribution is 7.92. The summed E-state index contributed by atoms with van der Waals surface area (Å²) in [5.74, 6) is -0.928. The molecule has 1 amide bonds. The van der Waals surface area contributed by atoms with Gasteiger partial charge in [0.05, 0.1) is 15.9 Å². The summed E-state index contributed by atoms with van der Waals surface area (Å²) >= 11 is 0. The second kappa shape index (κ2) is 7.22. The molecule has 1 aliphatic carbocycles. The van der Waals surface area contributed by atoms with Gasteiger partial charge in [-0.1, -0.05) is 42.5 Å². The fourth-order valence-corrected chi connectivity index (χ4v) is 6.70. The van der Waals surface area contributed by atoms with Gasteiger partial charge in [0.15, 0.2) is 9.84 Å². The van der Waals surface area contributed by atoms with Gasteiger partial charge in [0, 0.05) is 12.6 Å². The standard InChI is InChI=1S/C22H25FN2O3S/c1-14-19(29(27,28)20(13-25-14)15-5-3-2-4-6-15)11-16-7-8-17(12-18(16)23)22(9-10-22)21(24)26/h2-8,12,14,19-20,25H,9-11,13H2,1H3,(H2,24,26)/t14-,19?,20-/m0/s1. The Morgan fingerprint density at radius 3 is 2.48 bits per heavy atom. The number of sulfone groups is 1. The lowest BCUT2D eigenvalue weighted by Crippen LogP contribution is -2.53. The molecule has 154 valence electrons. The number of halogens is 1. The van der Waals surface area contributed by atoms with Crippen molar-refractivity contribution in [3.05, 3.63) is 71.0 Å². The normalized spacial score (nSPS) is 27.3. The van der Waals surface area contributed by atoms with E-state index >= 15 is 0 Å². The molecule has 2 aromatic carbocycles. The van der Waals surface area contributed by atoms with Crippen LogP contribution in [0.5, 0.6) is 0 Å². The van der Waals surface area contributed by atoms with Gasteiger partial charge >= 0.3 is 0 Å². The molecule has 0 spiro atoms. The summed E-state index contributed by atoms with van der Waals surface area (Å²) in [4.78, 5) is 11.7. The molecular formula is C22H25FN2O3S. The van der Waals surface area contributed by atoms with Crippen molar-refractivity contribution in [3.63, 3.8) is 0 Å². The van der Waals surface area contributed by atoms with Crippen LogP contribution in [0.3, 0.4) is 0 Å². The van der Waals surface area contributed by atoms with E-state index in [0.29, 0.717) is 30.5 Å². The number of amides is 1. The highest BCUT2D eigenvalue weighted by atomic mass is 32.2. The van der Waals surface area contributed by atoms with Crippen LogP contribution in [0, 0.1) is 5.82 Å². The molecule has 1 saturated heterocycles. The maximum absolute atomic E-state index is 14.9. The molecule has 5 nitrogen and oxygen atoms in total. The first-order chi connectivity index (χ1) is 13.8. The second-order valence-electron chi connectivity index (χ2n) is 8.18. The number of nitrogens with two attached hydrogens (primary N) is 1. The van der Waals surface area contributed by atoms with Gasteiger partial charge in [-0.2, -0.15) is 0 Å². The van der Waals surface area contributed by atoms with Crippen molar-refractivity contribution < 1.29 is 17.6 Å². The van der Waals surface area contributed by atoms with Crippen molar-refractivity contribution in [2.75, 3.05) is 6.54 Å². The molecule has 2 fully saturated rings. The van der Waals surface area contributed by atoms with Crippen LogP contribution in [0.2, 0.25) is 0 Å². The molecule has 4 rings (SSSR count). The van der Waals surface area contributed by atoms with Crippen molar-refractivity contribution in [1.82, 2.24) is 5.32 Å². The topological polar surface area (TPSA) is 89.3 Å². The van der Waals surface area contributed by atoms with Crippen LogP contribution >= 0.6 is 0 Å². The van der Waals surface area contributed by atoms with Gasteiger partial charge in [0.1, 0.15) is 5.82 Å². The number of primary amides is 1. The third-order valence-electron chi connectivity index (χ3n) is 6.42. The van der Waals surface area contributed by atoms with E-state index in [9.17, 15) is 17.6 Å². The van der Waals surface area contributed by atoms with E-state index in [4.69, 9.17) is 5.73 Å². The van der Waals surface area contributed by atoms with Gasteiger partial charge in [-0.05, 0) is 48.9 Å². The zero-order chi connectivity index (χ0) is 20.8. The van der Waals surface area contributed by atoms with Crippen molar-refractivity contribution in [3.8, 4) is 0 Å². The number of hydrogen-bond donors (Lipinski definition) is 2. The molecule has 29 heavy (non-hydrogen) atoms. The minimum absolute atomic E-state index is 0.0789. The monoisotopic (exact) mass is 416 g/mol. The first-order valence-corrected chi connectivity index (χ1v) is 11.5. The van der Waals surface area contributed by atoms with Gasteiger partial charge < -0.3 is 11.1 Å². The zero-order valence-electron chi connectivity index (χ0n) is 16.3. The molecule has 1 saturated carbocycles. The summed E-state index contributed by atoms with van der Waals surface area (Å²) in [7, 11) is -3.52. The molecule has 3 atom stereocenters.